The van der Waals surface area contributed by atoms with Gasteiger partial charge >= 0.3 is 5.97 Å². The van der Waals surface area contributed by atoms with E-state index in [0.29, 0.717) is 21.3 Å². The Labute approximate surface area is 179 Å². The average molecular weight is 428 g/mol. The van der Waals surface area contributed by atoms with Crippen LogP contribution in [0.15, 0.2) is 60.7 Å². The first-order valence-corrected chi connectivity index (χ1v) is 9.66. The Hall–Kier alpha value is -2.82. The lowest BCUT2D eigenvalue weighted by atomic mass is 10.00. The summed E-state index contributed by atoms with van der Waals surface area (Å²) in [6.45, 7) is 1.96. The first-order valence-electron chi connectivity index (χ1n) is 8.90. The second kappa shape index (κ2) is 9.12. The van der Waals surface area contributed by atoms with E-state index in [1.165, 1.54) is 7.11 Å². The zero-order chi connectivity index (χ0) is 21.0. The van der Waals surface area contributed by atoms with Gasteiger partial charge in [0.2, 0.25) is 5.91 Å². The molecule has 3 aromatic carbocycles. The third-order valence-electron chi connectivity index (χ3n) is 4.41. The normalized spacial score (nSPS) is 10.5. The molecular formula is C23H19Cl2NO3. The molecule has 0 aliphatic heterocycles. The van der Waals surface area contributed by atoms with E-state index in [9.17, 15) is 9.59 Å². The smallest absolute Gasteiger partial charge is 0.337 e. The molecule has 0 saturated heterocycles. The van der Waals surface area contributed by atoms with Gasteiger partial charge in [0, 0.05) is 11.3 Å². The molecule has 0 bridgehead atoms. The Morgan fingerprint density at radius 2 is 1.66 bits per heavy atom. The molecule has 1 amide bonds. The summed E-state index contributed by atoms with van der Waals surface area (Å²) in [5.74, 6) is -0.558. The van der Waals surface area contributed by atoms with Crippen molar-refractivity contribution in [2.75, 3.05) is 12.4 Å². The van der Waals surface area contributed by atoms with E-state index in [1.807, 2.05) is 37.3 Å². The number of aryl methyl sites for hydroxylation is 1. The van der Waals surface area contributed by atoms with Crippen LogP contribution >= 0.6 is 23.2 Å². The van der Waals surface area contributed by atoms with Crippen LogP contribution in [0.5, 0.6) is 0 Å². The van der Waals surface area contributed by atoms with Crippen molar-refractivity contribution in [2.24, 2.45) is 0 Å². The quantitative estimate of drug-likeness (QED) is 0.512. The molecule has 0 radical (unpaired) electrons. The van der Waals surface area contributed by atoms with E-state index < -0.39 is 5.97 Å². The molecule has 1 N–H and O–H groups in total. The van der Waals surface area contributed by atoms with Crippen molar-refractivity contribution in [1.82, 2.24) is 0 Å². The van der Waals surface area contributed by atoms with Crippen LogP contribution in [0.1, 0.15) is 21.5 Å². The third kappa shape index (κ3) is 5.17. The number of halogens is 2. The summed E-state index contributed by atoms with van der Waals surface area (Å²) in [5.41, 5.74) is 4.68. The van der Waals surface area contributed by atoms with Crippen molar-refractivity contribution in [3.63, 3.8) is 0 Å². The number of ether oxygens (including phenoxy) is 1. The molecule has 0 atom stereocenters. The SMILES string of the molecule is COC(=O)c1ccc(-c2ccc(C)cc2NC(=O)Cc2ccc(Cl)c(Cl)c2)cc1. The topological polar surface area (TPSA) is 55.4 Å². The van der Waals surface area contributed by atoms with E-state index in [4.69, 9.17) is 27.9 Å². The number of rotatable bonds is 5. The summed E-state index contributed by atoms with van der Waals surface area (Å²) in [7, 11) is 1.34. The fourth-order valence-corrected chi connectivity index (χ4v) is 3.27. The number of hydrogen-bond donors (Lipinski definition) is 1. The van der Waals surface area contributed by atoms with Crippen LogP contribution < -0.4 is 5.32 Å². The van der Waals surface area contributed by atoms with E-state index in [2.05, 4.69) is 5.32 Å². The van der Waals surface area contributed by atoms with Gasteiger partial charge in [0.1, 0.15) is 0 Å². The van der Waals surface area contributed by atoms with Gasteiger partial charge < -0.3 is 10.1 Å². The zero-order valence-electron chi connectivity index (χ0n) is 16.0. The van der Waals surface area contributed by atoms with Gasteiger partial charge in [-0.15, -0.1) is 0 Å². The number of benzene rings is 3. The number of carbonyl (C=O) groups excluding carboxylic acids is 2. The van der Waals surface area contributed by atoms with Crippen molar-refractivity contribution < 1.29 is 14.3 Å². The Bertz CT molecular complexity index is 1060. The standard InChI is InChI=1S/C23H19Cl2NO3/c1-14-3-9-18(16-5-7-17(8-6-16)23(28)29-2)21(11-14)26-22(27)13-15-4-10-19(24)20(25)12-15/h3-12H,13H2,1-2H3,(H,26,27). The van der Waals surface area contributed by atoms with E-state index in [0.717, 1.165) is 22.3 Å². The summed E-state index contributed by atoms with van der Waals surface area (Å²) in [6, 6.07) is 18.0. The molecular weight excluding hydrogens is 409 g/mol. The molecule has 3 aromatic rings. The fraction of sp³-hybridized carbons (Fsp3) is 0.130. The van der Waals surface area contributed by atoms with E-state index in [-0.39, 0.29) is 12.3 Å². The van der Waals surface area contributed by atoms with Crippen LogP contribution in [0, 0.1) is 6.92 Å². The highest BCUT2D eigenvalue weighted by molar-refractivity contribution is 6.42. The molecule has 0 spiro atoms. The second-order valence-corrected chi connectivity index (χ2v) is 7.41. The maximum atomic E-state index is 12.6. The predicted octanol–water partition coefficient (Wildman–Crippen LogP) is 5.94. The second-order valence-electron chi connectivity index (χ2n) is 6.59. The van der Waals surface area contributed by atoms with Gasteiger partial charge in [-0.3, -0.25) is 4.79 Å². The third-order valence-corrected chi connectivity index (χ3v) is 5.15. The molecule has 0 aliphatic carbocycles. The summed E-state index contributed by atoms with van der Waals surface area (Å²) >= 11 is 12.0. The Balaban J connectivity index is 1.84. The minimum Gasteiger partial charge on any atom is -0.465 e. The molecule has 0 fully saturated rings. The number of nitrogens with one attached hydrogen (secondary N) is 1. The largest absolute Gasteiger partial charge is 0.465 e. The molecule has 0 aromatic heterocycles. The molecule has 0 unspecified atom stereocenters. The van der Waals surface area contributed by atoms with Gasteiger partial charge in [-0.05, 0) is 53.9 Å². The number of anilines is 1. The highest BCUT2D eigenvalue weighted by Gasteiger charge is 2.12. The molecule has 0 heterocycles. The first-order chi connectivity index (χ1) is 13.9. The van der Waals surface area contributed by atoms with Crippen LogP contribution in [-0.4, -0.2) is 19.0 Å². The lowest BCUT2D eigenvalue weighted by Gasteiger charge is -2.13. The van der Waals surface area contributed by atoms with Crippen LogP contribution in [0.25, 0.3) is 11.1 Å². The van der Waals surface area contributed by atoms with Gasteiger partial charge in [-0.1, -0.05) is 53.5 Å². The van der Waals surface area contributed by atoms with Crippen LogP contribution in [0.3, 0.4) is 0 Å². The maximum absolute atomic E-state index is 12.6. The zero-order valence-corrected chi connectivity index (χ0v) is 17.5. The Morgan fingerprint density at radius 3 is 2.31 bits per heavy atom. The summed E-state index contributed by atoms with van der Waals surface area (Å²) in [6.07, 6.45) is 0.172. The van der Waals surface area contributed by atoms with Gasteiger partial charge in [0.05, 0.1) is 29.1 Å². The number of amides is 1. The molecule has 3 rings (SSSR count). The van der Waals surface area contributed by atoms with Gasteiger partial charge in [0.25, 0.3) is 0 Å². The van der Waals surface area contributed by atoms with Crippen LogP contribution in [0.4, 0.5) is 5.69 Å². The Kier molecular flexibility index (Phi) is 6.57. The lowest BCUT2D eigenvalue weighted by Crippen LogP contribution is -2.15. The highest BCUT2D eigenvalue weighted by Crippen LogP contribution is 2.30. The average Bonchev–Trinajstić information content (AvgIpc) is 2.70. The van der Waals surface area contributed by atoms with Crippen LogP contribution in [-0.2, 0) is 16.0 Å². The number of carbonyl (C=O) groups is 2. The van der Waals surface area contributed by atoms with Gasteiger partial charge in [-0.2, -0.15) is 0 Å². The minimum atomic E-state index is -0.393. The fourth-order valence-electron chi connectivity index (χ4n) is 2.95. The predicted molar refractivity (Wildman–Crippen MR) is 117 cm³/mol. The molecule has 6 heteroatoms. The minimum absolute atomic E-state index is 0.165. The Morgan fingerprint density at radius 1 is 0.931 bits per heavy atom. The molecule has 4 nitrogen and oxygen atoms in total. The highest BCUT2D eigenvalue weighted by atomic mass is 35.5. The van der Waals surface area contributed by atoms with Crippen LogP contribution in [0.2, 0.25) is 10.0 Å². The lowest BCUT2D eigenvalue weighted by molar-refractivity contribution is -0.115. The molecule has 0 saturated carbocycles. The van der Waals surface area contributed by atoms with Crippen molar-refractivity contribution in [3.8, 4) is 11.1 Å². The van der Waals surface area contributed by atoms with Crippen molar-refractivity contribution in [2.45, 2.75) is 13.3 Å². The van der Waals surface area contributed by atoms with Gasteiger partial charge in [-0.25, -0.2) is 4.79 Å². The molecule has 148 valence electrons. The van der Waals surface area contributed by atoms with Crippen molar-refractivity contribution in [3.05, 3.63) is 87.4 Å². The number of esters is 1. The summed E-state index contributed by atoms with van der Waals surface area (Å²) in [5, 5.41) is 3.84. The summed E-state index contributed by atoms with van der Waals surface area (Å²) < 4.78 is 4.73. The monoisotopic (exact) mass is 427 g/mol. The number of hydrogen-bond acceptors (Lipinski definition) is 3. The van der Waals surface area contributed by atoms with Crippen molar-refractivity contribution in [1.29, 1.82) is 0 Å². The first kappa shape index (κ1) is 20.9. The van der Waals surface area contributed by atoms with Gasteiger partial charge in [0.15, 0.2) is 0 Å². The number of methoxy groups -OCH3 is 1. The van der Waals surface area contributed by atoms with E-state index >= 15 is 0 Å². The van der Waals surface area contributed by atoms with Crippen molar-refractivity contribution >= 4 is 40.8 Å². The summed E-state index contributed by atoms with van der Waals surface area (Å²) in [4.78, 5) is 24.2. The maximum Gasteiger partial charge on any atom is 0.337 e. The molecule has 0 aliphatic rings. The molecule has 29 heavy (non-hydrogen) atoms. The van der Waals surface area contributed by atoms with E-state index in [1.54, 1.807) is 30.3 Å².